The van der Waals surface area contributed by atoms with Crippen LogP contribution < -0.4 is 15.0 Å². The Morgan fingerprint density at radius 2 is 1.68 bits per heavy atom. The van der Waals surface area contributed by atoms with E-state index in [0.717, 1.165) is 42.6 Å². The molecule has 2 atom stereocenters. The summed E-state index contributed by atoms with van der Waals surface area (Å²) in [6.07, 6.45) is 2.29. The highest BCUT2D eigenvalue weighted by Crippen LogP contribution is 2.39. The van der Waals surface area contributed by atoms with Crippen LogP contribution in [-0.4, -0.2) is 49.0 Å². The zero-order valence-corrected chi connectivity index (χ0v) is 23.2. The van der Waals surface area contributed by atoms with Crippen molar-refractivity contribution in [3.63, 3.8) is 0 Å². The van der Waals surface area contributed by atoms with E-state index in [1.807, 2.05) is 42.5 Å². The molecule has 6 nitrogen and oxygen atoms in total. The fourth-order valence-corrected chi connectivity index (χ4v) is 5.47. The number of carbonyl (C=O) groups excluding carboxylic acids is 2. The highest BCUT2D eigenvalue weighted by atomic mass is 35.5. The molecule has 2 aliphatic heterocycles. The molecule has 0 radical (unpaired) electrons. The van der Waals surface area contributed by atoms with Gasteiger partial charge in [0.05, 0.1) is 21.8 Å². The van der Waals surface area contributed by atoms with E-state index in [1.54, 1.807) is 19.1 Å². The Morgan fingerprint density at radius 3 is 2.42 bits per heavy atom. The van der Waals surface area contributed by atoms with E-state index in [-0.39, 0.29) is 29.5 Å². The lowest BCUT2D eigenvalue weighted by Crippen LogP contribution is -2.52. The normalized spacial score (nSPS) is 17.1. The number of halogens is 3. The summed E-state index contributed by atoms with van der Waals surface area (Å²) in [7, 11) is 0. The summed E-state index contributed by atoms with van der Waals surface area (Å²) in [6.45, 7) is 4.20. The number of hydrogen-bond donors (Lipinski definition) is 1. The SMILES string of the molecule is CC(C(=O)NC(CN1CCCC1)c1cccc(-c2ccc(Cl)cc2)c1)N1C(=O)COc2cc(Cl)c(Cl)cc21. The molecule has 0 spiro atoms. The maximum atomic E-state index is 13.7. The molecular formula is C29H28Cl3N3O3. The van der Waals surface area contributed by atoms with Crippen LogP contribution in [0.15, 0.2) is 60.7 Å². The average molecular weight is 573 g/mol. The summed E-state index contributed by atoms with van der Waals surface area (Å²) in [4.78, 5) is 30.3. The van der Waals surface area contributed by atoms with Gasteiger partial charge in [0.2, 0.25) is 5.91 Å². The predicted octanol–water partition coefficient (Wildman–Crippen LogP) is 6.38. The second kappa shape index (κ2) is 11.5. The van der Waals surface area contributed by atoms with Crippen molar-refractivity contribution in [2.24, 2.45) is 0 Å². The summed E-state index contributed by atoms with van der Waals surface area (Å²) in [5.74, 6) is -0.166. The van der Waals surface area contributed by atoms with Crippen LogP contribution >= 0.6 is 34.8 Å². The molecule has 198 valence electrons. The van der Waals surface area contributed by atoms with Crippen LogP contribution in [-0.2, 0) is 9.59 Å². The standard InChI is InChI=1S/C29H28Cl3N3O3/c1-18(35-26-14-23(31)24(32)15-27(26)38-17-28(35)36)29(37)33-25(16-34-11-2-3-12-34)21-6-4-5-20(13-21)19-7-9-22(30)10-8-19/h4-10,13-15,18,25H,2-3,11-12,16-17H2,1H3,(H,33,37). The quantitative estimate of drug-likeness (QED) is 0.357. The van der Waals surface area contributed by atoms with Gasteiger partial charge in [0.1, 0.15) is 11.8 Å². The highest BCUT2D eigenvalue weighted by molar-refractivity contribution is 6.42. The number of hydrogen-bond acceptors (Lipinski definition) is 4. The average Bonchev–Trinajstić information content (AvgIpc) is 3.43. The molecule has 1 fully saturated rings. The van der Waals surface area contributed by atoms with Gasteiger partial charge in [-0.3, -0.25) is 14.5 Å². The minimum absolute atomic E-state index is 0.178. The Hall–Kier alpha value is -2.77. The zero-order chi connectivity index (χ0) is 26.8. The van der Waals surface area contributed by atoms with E-state index in [9.17, 15) is 9.59 Å². The maximum Gasteiger partial charge on any atom is 0.265 e. The lowest BCUT2D eigenvalue weighted by atomic mass is 9.98. The first-order chi connectivity index (χ1) is 18.3. The number of ether oxygens (including phenoxy) is 1. The van der Waals surface area contributed by atoms with Gasteiger partial charge >= 0.3 is 0 Å². The fraction of sp³-hybridized carbons (Fsp3) is 0.310. The molecule has 0 aromatic heterocycles. The molecule has 3 aromatic carbocycles. The Bertz CT molecular complexity index is 1340. The van der Waals surface area contributed by atoms with Crippen molar-refractivity contribution < 1.29 is 14.3 Å². The number of benzene rings is 3. The van der Waals surface area contributed by atoms with Crippen LogP contribution in [0.1, 0.15) is 31.4 Å². The zero-order valence-electron chi connectivity index (χ0n) is 20.9. The summed E-state index contributed by atoms with van der Waals surface area (Å²) in [6, 6.07) is 18.0. The molecule has 1 N–H and O–H groups in total. The van der Waals surface area contributed by atoms with E-state index < -0.39 is 6.04 Å². The smallest absolute Gasteiger partial charge is 0.265 e. The lowest BCUT2D eigenvalue weighted by Gasteiger charge is -2.35. The monoisotopic (exact) mass is 571 g/mol. The summed E-state index contributed by atoms with van der Waals surface area (Å²) < 4.78 is 5.55. The first-order valence-electron chi connectivity index (χ1n) is 12.6. The number of rotatable bonds is 7. The molecule has 0 aliphatic carbocycles. The van der Waals surface area contributed by atoms with Gasteiger partial charge < -0.3 is 15.0 Å². The number of fused-ring (bicyclic) bond motifs is 1. The number of nitrogens with zero attached hydrogens (tertiary/aromatic N) is 2. The number of anilines is 1. The predicted molar refractivity (Wildman–Crippen MR) is 152 cm³/mol. The van der Waals surface area contributed by atoms with Crippen molar-refractivity contribution in [2.45, 2.75) is 31.8 Å². The van der Waals surface area contributed by atoms with Gasteiger partial charge in [-0.25, -0.2) is 0 Å². The van der Waals surface area contributed by atoms with Crippen LogP contribution in [0.2, 0.25) is 15.1 Å². The molecule has 2 heterocycles. The Balaban J connectivity index is 1.42. The van der Waals surface area contributed by atoms with Crippen molar-refractivity contribution in [3.05, 3.63) is 81.3 Å². The number of carbonyl (C=O) groups is 2. The van der Waals surface area contributed by atoms with Crippen LogP contribution in [0.25, 0.3) is 11.1 Å². The minimum Gasteiger partial charge on any atom is -0.482 e. The molecule has 2 unspecified atom stereocenters. The van der Waals surface area contributed by atoms with E-state index >= 15 is 0 Å². The molecule has 3 aromatic rings. The third kappa shape index (κ3) is 5.79. The van der Waals surface area contributed by atoms with Gasteiger partial charge in [0.15, 0.2) is 6.61 Å². The summed E-state index contributed by atoms with van der Waals surface area (Å²) in [5.41, 5.74) is 3.51. The molecule has 2 aliphatic rings. The number of likely N-dealkylation sites (tertiary alicyclic amines) is 1. The van der Waals surface area contributed by atoms with Crippen molar-refractivity contribution in [1.29, 1.82) is 0 Å². The highest BCUT2D eigenvalue weighted by Gasteiger charge is 2.35. The largest absolute Gasteiger partial charge is 0.482 e. The summed E-state index contributed by atoms with van der Waals surface area (Å²) in [5, 5.41) is 4.52. The van der Waals surface area contributed by atoms with Gasteiger partial charge in [0.25, 0.3) is 5.91 Å². The second-order valence-corrected chi connectivity index (χ2v) is 10.9. The van der Waals surface area contributed by atoms with Crippen molar-refractivity contribution >= 4 is 52.3 Å². The first kappa shape index (κ1) is 26.8. The van der Waals surface area contributed by atoms with Crippen LogP contribution in [0.4, 0.5) is 5.69 Å². The molecule has 2 amide bonds. The van der Waals surface area contributed by atoms with E-state index in [1.165, 1.54) is 4.90 Å². The summed E-state index contributed by atoms with van der Waals surface area (Å²) >= 11 is 18.5. The van der Waals surface area contributed by atoms with Gasteiger partial charge in [-0.1, -0.05) is 65.1 Å². The van der Waals surface area contributed by atoms with Crippen molar-refractivity contribution in [3.8, 4) is 16.9 Å². The third-order valence-corrected chi connectivity index (χ3v) is 8.04. The van der Waals surface area contributed by atoms with Gasteiger partial charge in [0, 0.05) is 17.6 Å². The lowest BCUT2D eigenvalue weighted by molar-refractivity contribution is -0.128. The van der Waals surface area contributed by atoms with Crippen molar-refractivity contribution in [1.82, 2.24) is 10.2 Å². The Kier molecular flexibility index (Phi) is 8.15. The first-order valence-corrected chi connectivity index (χ1v) is 13.8. The molecular weight excluding hydrogens is 545 g/mol. The Morgan fingerprint density at radius 1 is 0.974 bits per heavy atom. The fourth-order valence-electron chi connectivity index (χ4n) is 5.03. The van der Waals surface area contributed by atoms with Gasteiger partial charge in [-0.2, -0.15) is 0 Å². The Labute approximate surface area is 237 Å². The van der Waals surface area contributed by atoms with Crippen LogP contribution in [0, 0.1) is 0 Å². The second-order valence-electron chi connectivity index (χ2n) is 9.66. The molecule has 5 rings (SSSR count). The number of nitrogens with one attached hydrogen (secondary N) is 1. The van der Waals surface area contributed by atoms with E-state index in [4.69, 9.17) is 39.5 Å². The van der Waals surface area contributed by atoms with Gasteiger partial charge in [-0.05, 0) is 73.8 Å². The topological polar surface area (TPSA) is 61.9 Å². The van der Waals surface area contributed by atoms with Crippen LogP contribution in [0.5, 0.6) is 5.75 Å². The van der Waals surface area contributed by atoms with Gasteiger partial charge in [-0.15, -0.1) is 0 Å². The third-order valence-electron chi connectivity index (χ3n) is 7.07. The molecule has 38 heavy (non-hydrogen) atoms. The van der Waals surface area contributed by atoms with E-state index in [0.29, 0.717) is 28.0 Å². The number of amides is 2. The molecule has 9 heteroatoms. The molecule has 1 saturated heterocycles. The minimum atomic E-state index is -0.789. The molecule has 0 bridgehead atoms. The molecule has 0 saturated carbocycles. The van der Waals surface area contributed by atoms with Crippen LogP contribution in [0.3, 0.4) is 0 Å². The maximum absolute atomic E-state index is 13.7. The van der Waals surface area contributed by atoms with E-state index in [2.05, 4.69) is 16.3 Å². The van der Waals surface area contributed by atoms with Crippen molar-refractivity contribution in [2.75, 3.05) is 31.1 Å².